The molecule has 3 aliphatic rings. The maximum atomic E-state index is 14.4. The molecule has 2 unspecified atom stereocenters. The Morgan fingerprint density at radius 1 is 1.05 bits per heavy atom. The molecule has 5 rings (SSSR count). The minimum absolute atomic E-state index is 0.0382. The van der Waals surface area contributed by atoms with Crippen molar-refractivity contribution in [2.24, 2.45) is 11.8 Å². The van der Waals surface area contributed by atoms with Crippen LogP contribution in [0.2, 0.25) is 0 Å². The van der Waals surface area contributed by atoms with Crippen LogP contribution in [0.1, 0.15) is 48.8 Å². The highest BCUT2D eigenvalue weighted by Gasteiger charge is 2.62. The van der Waals surface area contributed by atoms with Crippen molar-refractivity contribution in [2.45, 2.75) is 67.3 Å². The highest BCUT2D eigenvalue weighted by atomic mass is 32.2. The molecule has 1 aliphatic carbocycles. The van der Waals surface area contributed by atoms with E-state index in [2.05, 4.69) is 0 Å². The molecule has 0 aromatic heterocycles. The number of fused-ring (bicyclic) bond motifs is 3. The number of ether oxygens (including phenoxy) is 1. The Balaban J connectivity index is 1.55. The zero-order valence-electron chi connectivity index (χ0n) is 21.4. The maximum absolute atomic E-state index is 14.4. The standard InChI is InChI=1S/C28H30F3NO6S/c1-17-2-9-21(10-3-17)39(36,37)27-12-13-32(25(33)19-5-7-20(8-6-19)26(34)35)24(27)16-38-23-14-18(4-11-22(23)27)15-28(29,30)31/h2-4,9-11,14,19-20,24H,5-8,12-13,15-16H2,1H3,(H,34,35). The number of sulfone groups is 1. The Labute approximate surface area is 224 Å². The number of carboxylic acids is 1. The molecule has 2 aromatic carbocycles. The van der Waals surface area contributed by atoms with Crippen LogP contribution in [0.3, 0.4) is 0 Å². The Morgan fingerprint density at radius 3 is 2.31 bits per heavy atom. The zero-order chi connectivity index (χ0) is 28.2. The minimum Gasteiger partial charge on any atom is -0.491 e. The van der Waals surface area contributed by atoms with Crippen molar-refractivity contribution in [1.29, 1.82) is 0 Å². The van der Waals surface area contributed by atoms with E-state index in [4.69, 9.17) is 4.74 Å². The van der Waals surface area contributed by atoms with Gasteiger partial charge in [0.1, 0.15) is 17.1 Å². The molecule has 210 valence electrons. The van der Waals surface area contributed by atoms with Gasteiger partial charge < -0.3 is 14.7 Å². The predicted molar refractivity (Wildman–Crippen MR) is 135 cm³/mol. The fourth-order valence-electron chi connectivity index (χ4n) is 6.42. The number of carboxylic acid groups (broad SMARTS) is 1. The van der Waals surface area contributed by atoms with Gasteiger partial charge in [-0.25, -0.2) is 8.42 Å². The van der Waals surface area contributed by atoms with E-state index in [0.717, 1.165) is 5.56 Å². The Bertz CT molecular complexity index is 1380. The molecule has 7 nitrogen and oxygen atoms in total. The summed E-state index contributed by atoms with van der Waals surface area (Å²) in [5.41, 5.74) is 1.09. The average molecular weight is 566 g/mol. The van der Waals surface area contributed by atoms with E-state index >= 15 is 0 Å². The molecule has 2 heterocycles. The number of rotatable bonds is 5. The van der Waals surface area contributed by atoms with Crippen LogP contribution < -0.4 is 4.74 Å². The van der Waals surface area contributed by atoms with Crippen LogP contribution in [0, 0.1) is 18.8 Å². The number of aliphatic carboxylic acids is 1. The summed E-state index contributed by atoms with van der Waals surface area (Å²) in [5.74, 6) is -1.95. The van der Waals surface area contributed by atoms with Crippen molar-refractivity contribution >= 4 is 21.7 Å². The number of carbonyl (C=O) groups excluding carboxylic acids is 1. The first kappa shape index (κ1) is 27.5. The van der Waals surface area contributed by atoms with E-state index in [9.17, 15) is 36.3 Å². The van der Waals surface area contributed by atoms with Crippen LogP contribution in [0.15, 0.2) is 47.4 Å². The molecule has 39 heavy (non-hydrogen) atoms. The second-order valence-electron chi connectivity index (χ2n) is 10.8. The molecule has 1 saturated heterocycles. The first-order chi connectivity index (χ1) is 18.3. The first-order valence-electron chi connectivity index (χ1n) is 13.0. The van der Waals surface area contributed by atoms with Crippen LogP contribution >= 0.6 is 0 Å². The van der Waals surface area contributed by atoms with Gasteiger partial charge in [0, 0.05) is 18.0 Å². The summed E-state index contributed by atoms with van der Waals surface area (Å²) >= 11 is 0. The van der Waals surface area contributed by atoms with E-state index in [0.29, 0.717) is 25.7 Å². The van der Waals surface area contributed by atoms with Crippen LogP contribution in [-0.2, 0) is 30.6 Å². The average Bonchev–Trinajstić information content (AvgIpc) is 3.29. The largest absolute Gasteiger partial charge is 0.491 e. The van der Waals surface area contributed by atoms with Crippen LogP contribution in [0.25, 0.3) is 0 Å². The summed E-state index contributed by atoms with van der Waals surface area (Å²) in [6.45, 7) is 1.79. The second kappa shape index (κ2) is 9.83. The highest BCUT2D eigenvalue weighted by Crippen LogP contribution is 2.53. The molecule has 1 amide bonds. The molecule has 2 aliphatic heterocycles. The van der Waals surface area contributed by atoms with Gasteiger partial charge in [-0.3, -0.25) is 9.59 Å². The van der Waals surface area contributed by atoms with Crippen molar-refractivity contribution in [3.05, 3.63) is 59.2 Å². The van der Waals surface area contributed by atoms with Gasteiger partial charge in [-0.15, -0.1) is 0 Å². The Hall–Kier alpha value is -3.08. The van der Waals surface area contributed by atoms with Gasteiger partial charge in [0.15, 0.2) is 9.84 Å². The number of hydrogen-bond donors (Lipinski definition) is 1. The third kappa shape index (κ3) is 4.79. The third-order valence-corrected chi connectivity index (χ3v) is 11.0. The quantitative estimate of drug-likeness (QED) is 0.567. The maximum Gasteiger partial charge on any atom is 0.393 e. The summed E-state index contributed by atoms with van der Waals surface area (Å²) in [6, 6.07) is 9.46. The summed E-state index contributed by atoms with van der Waals surface area (Å²) in [7, 11) is -4.13. The Kier molecular flexibility index (Phi) is 6.93. The number of benzene rings is 2. The minimum atomic E-state index is -4.44. The second-order valence-corrected chi connectivity index (χ2v) is 13.0. The SMILES string of the molecule is Cc1ccc(S(=O)(=O)C23CCN(C(=O)C4CCC(C(=O)O)CC4)C2COc2cc(CC(F)(F)F)ccc23)cc1. The normalized spacial score (nSPS) is 26.9. The topological polar surface area (TPSA) is 101 Å². The van der Waals surface area contributed by atoms with Crippen molar-refractivity contribution in [2.75, 3.05) is 13.2 Å². The number of nitrogens with zero attached hydrogens (tertiary/aromatic N) is 1. The van der Waals surface area contributed by atoms with E-state index in [1.165, 1.54) is 30.3 Å². The molecule has 2 atom stereocenters. The van der Waals surface area contributed by atoms with Crippen LogP contribution in [0.4, 0.5) is 13.2 Å². The van der Waals surface area contributed by atoms with E-state index < -0.39 is 51.0 Å². The molecule has 1 saturated carbocycles. The van der Waals surface area contributed by atoms with Gasteiger partial charge in [0.2, 0.25) is 5.91 Å². The van der Waals surface area contributed by atoms with E-state index in [-0.39, 0.29) is 47.3 Å². The molecule has 2 fully saturated rings. The third-order valence-electron chi connectivity index (χ3n) is 8.46. The van der Waals surface area contributed by atoms with Gasteiger partial charge in [0.25, 0.3) is 0 Å². The molecular formula is C28H30F3NO6S. The summed E-state index contributed by atoms with van der Waals surface area (Å²) in [6.07, 6.45) is -4.00. The number of halogens is 3. The lowest BCUT2D eigenvalue weighted by Gasteiger charge is -2.43. The van der Waals surface area contributed by atoms with Crippen molar-refractivity contribution < 1.29 is 41.0 Å². The van der Waals surface area contributed by atoms with E-state index in [1.54, 1.807) is 17.0 Å². The first-order valence-corrected chi connectivity index (χ1v) is 14.5. The lowest BCUT2D eigenvalue weighted by molar-refractivity contribution is -0.146. The fraction of sp³-hybridized carbons (Fsp3) is 0.500. The number of alkyl halides is 3. The Morgan fingerprint density at radius 2 is 1.69 bits per heavy atom. The molecule has 11 heteroatoms. The van der Waals surface area contributed by atoms with Gasteiger partial charge in [0.05, 0.1) is 23.3 Å². The lowest BCUT2D eigenvalue weighted by Crippen LogP contribution is -2.55. The van der Waals surface area contributed by atoms with Crippen LogP contribution in [-0.4, -0.2) is 55.7 Å². The molecule has 0 spiro atoms. The van der Waals surface area contributed by atoms with Gasteiger partial charge >= 0.3 is 12.1 Å². The van der Waals surface area contributed by atoms with Crippen molar-refractivity contribution in [3.63, 3.8) is 0 Å². The van der Waals surface area contributed by atoms with E-state index in [1.807, 2.05) is 6.92 Å². The summed E-state index contributed by atoms with van der Waals surface area (Å²) in [4.78, 5) is 26.7. The fourth-order valence-corrected chi connectivity index (χ4v) is 8.70. The van der Waals surface area contributed by atoms with Crippen LogP contribution in [0.5, 0.6) is 5.75 Å². The summed E-state index contributed by atoms with van der Waals surface area (Å²) < 4.78 is 72.3. The predicted octanol–water partition coefficient (Wildman–Crippen LogP) is 4.65. The number of likely N-dealkylation sites (tertiary alicyclic amines) is 1. The highest BCUT2D eigenvalue weighted by molar-refractivity contribution is 7.92. The molecule has 1 N–H and O–H groups in total. The molecule has 0 bridgehead atoms. The van der Waals surface area contributed by atoms with Crippen molar-refractivity contribution in [3.8, 4) is 5.75 Å². The molecular weight excluding hydrogens is 535 g/mol. The molecule has 2 aromatic rings. The molecule has 0 radical (unpaired) electrons. The number of carbonyl (C=O) groups is 2. The van der Waals surface area contributed by atoms with Gasteiger partial charge in [-0.2, -0.15) is 13.2 Å². The lowest BCUT2D eigenvalue weighted by atomic mass is 9.81. The zero-order valence-corrected chi connectivity index (χ0v) is 22.2. The number of hydrogen-bond acceptors (Lipinski definition) is 5. The number of amides is 1. The monoisotopic (exact) mass is 565 g/mol. The number of aryl methyl sites for hydroxylation is 1. The van der Waals surface area contributed by atoms with Gasteiger partial charge in [-0.05, 0) is 62.8 Å². The smallest absolute Gasteiger partial charge is 0.393 e. The van der Waals surface area contributed by atoms with Crippen molar-refractivity contribution in [1.82, 2.24) is 4.90 Å². The van der Waals surface area contributed by atoms with Gasteiger partial charge in [-0.1, -0.05) is 29.8 Å². The summed E-state index contributed by atoms with van der Waals surface area (Å²) in [5, 5.41) is 9.31.